The van der Waals surface area contributed by atoms with E-state index in [4.69, 9.17) is 30.4 Å². The van der Waals surface area contributed by atoms with Crippen LogP contribution in [0.5, 0.6) is 0 Å². The fraction of sp³-hybridized carbons (Fsp3) is 0.349. The van der Waals surface area contributed by atoms with Crippen molar-refractivity contribution in [2.45, 2.75) is 18.6 Å². The van der Waals surface area contributed by atoms with Crippen molar-refractivity contribution in [3.63, 3.8) is 0 Å². The van der Waals surface area contributed by atoms with Gasteiger partial charge in [-0.05, 0) is 47.7 Å². The molecule has 2 aliphatic rings. The molecular formula is C43H51N11O8. The van der Waals surface area contributed by atoms with E-state index in [0.717, 1.165) is 11.1 Å². The highest BCUT2D eigenvalue weighted by Gasteiger charge is 2.27. The zero-order valence-electron chi connectivity index (χ0n) is 34.6. The van der Waals surface area contributed by atoms with E-state index in [1.165, 1.54) is 33.8 Å². The van der Waals surface area contributed by atoms with Gasteiger partial charge in [-0.1, -0.05) is 30.3 Å². The number of rotatable bonds is 13. The average Bonchev–Trinajstić information content (AvgIpc) is 3.31. The Morgan fingerprint density at radius 2 is 1.27 bits per heavy atom. The van der Waals surface area contributed by atoms with E-state index < -0.39 is 0 Å². The van der Waals surface area contributed by atoms with Gasteiger partial charge in [-0.15, -0.1) is 0 Å². The minimum absolute atomic E-state index is 0.101. The first-order valence-corrected chi connectivity index (χ1v) is 20.1. The number of carbonyl (C=O) groups is 2. The van der Waals surface area contributed by atoms with Crippen LogP contribution < -0.4 is 37.3 Å². The van der Waals surface area contributed by atoms with Crippen molar-refractivity contribution in [1.82, 2.24) is 39.7 Å². The number of aromatic nitrogens is 6. The van der Waals surface area contributed by atoms with Crippen LogP contribution in [0.2, 0.25) is 0 Å². The highest BCUT2D eigenvalue weighted by Crippen LogP contribution is 2.27. The monoisotopic (exact) mass is 849 g/mol. The van der Waals surface area contributed by atoms with Crippen molar-refractivity contribution in [1.29, 1.82) is 0 Å². The largest absolute Gasteiger partial charge is 0.405 e. The van der Waals surface area contributed by atoms with Crippen molar-refractivity contribution in [3.8, 4) is 11.4 Å². The second-order valence-corrected chi connectivity index (χ2v) is 14.3. The molecule has 0 radical (unpaired) electrons. The third-order valence-electron chi connectivity index (χ3n) is 10.2. The predicted molar refractivity (Wildman–Crippen MR) is 231 cm³/mol. The van der Waals surface area contributed by atoms with Crippen LogP contribution >= 0.6 is 0 Å². The van der Waals surface area contributed by atoms with Gasteiger partial charge in [0.1, 0.15) is 18.5 Å². The Morgan fingerprint density at radius 1 is 0.758 bits per heavy atom. The molecular weight excluding hydrogens is 799 g/mol. The molecule has 2 atom stereocenters. The third-order valence-corrected chi connectivity index (χ3v) is 10.2. The summed E-state index contributed by atoms with van der Waals surface area (Å²) in [5, 5.41) is 22.9. The van der Waals surface area contributed by atoms with Crippen LogP contribution in [0.15, 0.2) is 101 Å². The summed E-state index contributed by atoms with van der Waals surface area (Å²) in [5.74, 6) is 0.664. The van der Waals surface area contributed by atoms with Gasteiger partial charge in [0, 0.05) is 76.2 Å². The molecule has 19 nitrogen and oxygen atoms in total. The number of nitrogens with two attached hydrogens (primary N) is 1. The summed E-state index contributed by atoms with van der Waals surface area (Å²) in [6.45, 7) is 3.42. The number of ether oxygens (including phenoxy) is 2. The number of nitrogens with zero attached hydrogens (tertiary/aromatic N) is 8. The van der Waals surface area contributed by atoms with Gasteiger partial charge in [0.25, 0.3) is 22.9 Å². The van der Waals surface area contributed by atoms with Gasteiger partial charge in [-0.3, -0.25) is 28.3 Å². The molecule has 19 heteroatoms. The highest BCUT2D eigenvalue weighted by atomic mass is 16.5. The molecule has 5 heterocycles. The molecule has 5 aromatic rings. The molecule has 7 rings (SSSR count). The summed E-state index contributed by atoms with van der Waals surface area (Å²) in [4.78, 5) is 70.4. The maximum atomic E-state index is 12.6. The molecule has 0 bridgehead atoms. The van der Waals surface area contributed by atoms with E-state index in [0.29, 0.717) is 85.9 Å². The molecule has 2 aliphatic heterocycles. The number of aliphatic hydroxyl groups excluding tert-OH is 2. The minimum atomic E-state index is -0.238. The lowest BCUT2D eigenvalue weighted by atomic mass is 10.1. The molecule has 0 unspecified atom stereocenters. The number of hydrogen-bond acceptors (Lipinski definition) is 15. The fourth-order valence-corrected chi connectivity index (χ4v) is 6.84. The molecule has 62 heavy (non-hydrogen) atoms. The molecule has 0 aliphatic carbocycles. The summed E-state index contributed by atoms with van der Waals surface area (Å²) < 4.78 is 14.9. The second kappa shape index (κ2) is 21.6. The Balaban J connectivity index is 0.000000207. The van der Waals surface area contributed by atoms with Gasteiger partial charge < -0.3 is 45.9 Å². The summed E-state index contributed by atoms with van der Waals surface area (Å²) >= 11 is 0. The summed E-state index contributed by atoms with van der Waals surface area (Å²) in [6, 6.07) is 19.0. The number of allylic oxidation sites excluding steroid dienone is 1. The molecule has 326 valence electrons. The van der Waals surface area contributed by atoms with Crippen LogP contribution in [0.1, 0.15) is 49.7 Å². The fourth-order valence-electron chi connectivity index (χ4n) is 6.84. The molecule has 6 N–H and O–H groups in total. The van der Waals surface area contributed by atoms with Gasteiger partial charge >= 0.3 is 0 Å². The lowest BCUT2D eigenvalue weighted by Gasteiger charge is -2.34. The Hall–Kier alpha value is -6.80. The zero-order chi connectivity index (χ0) is 44.0. The zero-order valence-corrected chi connectivity index (χ0v) is 34.6. The maximum absolute atomic E-state index is 12.6. The third kappa shape index (κ3) is 11.3. The number of anilines is 2. The van der Waals surface area contributed by atoms with Gasteiger partial charge in [0.05, 0.1) is 56.6 Å². The summed E-state index contributed by atoms with van der Waals surface area (Å²) in [5.41, 5.74) is 9.73. The predicted octanol–water partition coefficient (Wildman–Crippen LogP) is 0.633. The second-order valence-electron chi connectivity index (χ2n) is 14.3. The van der Waals surface area contributed by atoms with Crippen molar-refractivity contribution >= 4 is 23.7 Å². The molecule has 2 amide bonds. The van der Waals surface area contributed by atoms with E-state index in [-0.39, 0.29) is 61.4 Å². The van der Waals surface area contributed by atoms with Crippen LogP contribution in [-0.2, 0) is 30.0 Å². The first kappa shape index (κ1) is 44.7. The Morgan fingerprint density at radius 3 is 1.76 bits per heavy atom. The molecule has 2 saturated heterocycles. The van der Waals surface area contributed by atoms with Crippen LogP contribution in [0, 0.1) is 0 Å². The Kier molecular flexibility index (Phi) is 15.6. The van der Waals surface area contributed by atoms with E-state index in [1.807, 2.05) is 34.1 Å². The average molecular weight is 850 g/mol. The summed E-state index contributed by atoms with van der Waals surface area (Å²) in [6.07, 6.45) is 6.28. The smallest absolute Gasteiger partial charge is 0.255 e. The lowest BCUT2D eigenvalue weighted by molar-refractivity contribution is 0.0388. The van der Waals surface area contributed by atoms with E-state index in [1.54, 1.807) is 56.7 Å². The number of carbonyl (C=O) groups excluding carboxylic acids is 2. The van der Waals surface area contributed by atoms with Gasteiger partial charge in [0.2, 0.25) is 11.9 Å². The number of hydrogen-bond donors (Lipinski definition) is 5. The van der Waals surface area contributed by atoms with Crippen molar-refractivity contribution in [2.24, 2.45) is 19.8 Å². The summed E-state index contributed by atoms with van der Waals surface area (Å²) in [7, 11) is 3.40. The maximum Gasteiger partial charge on any atom is 0.255 e. The quantitative estimate of drug-likeness (QED) is 0.109. The lowest BCUT2D eigenvalue weighted by Crippen LogP contribution is -2.42. The number of amides is 2. The number of aliphatic hydroxyl groups is 2. The van der Waals surface area contributed by atoms with Crippen LogP contribution in [0.25, 0.3) is 11.4 Å². The van der Waals surface area contributed by atoms with E-state index in [9.17, 15) is 19.2 Å². The van der Waals surface area contributed by atoms with E-state index >= 15 is 0 Å². The van der Waals surface area contributed by atoms with Crippen LogP contribution in [0.3, 0.4) is 0 Å². The number of nitrogens with one attached hydrogen (secondary N) is 2. The van der Waals surface area contributed by atoms with Crippen molar-refractivity contribution < 1.29 is 29.3 Å². The number of benzene rings is 2. The van der Waals surface area contributed by atoms with Crippen molar-refractivity contribution in [3.05, 3.63) is 140 Å². The first-order chi connectivity index (χ1) is 30.1. The van der Waals surface area contributed by atoms with Crippen LogP contribution in [-0.4, -0.2) is 117 Å². The normalized spacial score (nSPS) is 16.4. The highest BCUT2D eigenvalue weighted by molar-refractivity contribution is 5.94. The Labute approximate surface area is 357 Å². The SMILES string of the molecule is Cn1c(N2CCO[C@@H](c3ccc(C(=O)NCCO)cc3)C2)nc(-c2ccncn2)cc1=O.Cn1c(N2CCO[C@@H](c3ccc(C(=O)NCCO)cc3)C2)nc(C/C=C\N)cc1=O. The van der Waals surface area contributed by atoms with Gasteiger partial charge in [-0.2, -0.15) is 0 Å². The number of morpholine rings is 2. The molecule has 0 spiro atoms. The molecule has 2 aromatic carbocycles. The van der Waals surface area contributed by atoms with Crippen molar-refractivity contribution in [2.75, 3.05) is 75.5 Å². The van der Waals surface area contributed by atoms with Crippen LogP contribution in [0.4, 0.5) is 11.9 Å². The van der Waals surface area contributed by atoms with Gasteiger partial charge in [0.15, 0.2) is 0 Å². The topological polar surface area (TPSA) is 245 Å². The standard InChI is InChI=1S/C22H24N6O4.C21H27N5O4/c1-27-20(30)12-18(17-6-7-23-14-25-17)26-22(27)28-9-11-32-19(13-28)15-2-4-16(5-3-15)21(31)24-8-10-29;1-25-19(28)13-17(3-2-8-22)24-21(25)26-10-12-30-18(14-26)15-4-6-16(7-5-15)20(29)23-9-11-27/h2-7,12,14,19,29H,8-11,13H2,1H3,(H,24,31);2,4-8,13,18,27H,3,9-12,14,22H2,1H3,(H,23,29)/b;8-2-/t19-;18-/m11/s1. The van der Waals surface area contributed by atoms with Gasteiger partial charge in [-0.25, -0.2) is 19.9 Å². The molecule has 3 aromatic heterocycles. The molecule has 2 fully saturated rings. The first-order valence-electron chi connectivity index (χ1n) is 20.1. The Bertz CT molecular complexity index is 2430. The minimum Gasteiger partial charge on any atom is -0.405 e. The molecule has 0 saturated carbocycles. The van der Waals surface area contributed by atoms with E-state index in [2.05, 4.69) is 25.6 Å².